The Kier molecular flexibility index (Phi) is 3.86. The van der Waals surface area contributed by atoms with Gasteiger partial charge in [-0.15, -0.1) is 0 Å². The minimum Gasteiger partial charge on any atom is -0.339 e. The number of pyridine rings is 1. The molecule has 2 unspecified atom stereocenters. The number of nitrogens with zero attached hydrogens (tertiary/aromatic N) is 3. The minimum absolute atomic E-state index is 0.288. The van der Waals surface area contributed by atoms with Gasteiger partial charge in [-0.25, -0.2) is 0 Å². The fraction of sp³-hybridized carbons (Fsp3) is 0.417. The first-order valence-corrected chi connectivity index (χ1v) is 7.92. The van der Waals surface area contributed by atoms with Crippen molar-refractivity contribution in [2.45, 2.75) is 12.0 Å². The van der Waals surface area contributed by atoms with E-state index in [0.717, 1.165) is 21.5 Å². The lowest BCUT2D eigenvalue weighted by molar-refractivity contribution is 0.344. The number of hydrogen-bond acceptors (Lipinski definition) is 6. The van der Waals surface area contributed by atoms with E-state index in [4.69, 9.17) is 4.52 Å². The highest BCUT2D eigenvalue weighted by Crippen LogP contribution is 2.32. The van der Waals surface area contributed by atoms with E-state index in [1.54, 1.807) is 12.4 Å². The van der Waals surface area contributed by atoms with E-state index in [0.29, 0.717) is 17.8 Å². The second-order valence-electron chi connectivity index (χ2n) is 4.39. The van der Waals surface area contributed by atoms with Crippen LogP contribution in [-0.2, 0) is 0 Å². The third kappa shape index (κ3) is 2.68. The molecule has 1 aliphatic rings. The molecule has 0 aliphatic carbocycles. The highest BCUT2D eigenvalue weighted by molar-refractivity contribution is 9.10. The van der Waals surface area contributed by atoms with E-state index in [1.165, 1.54) is 0 Å². The fourth-order valence-corrected chi connectivity index (χ4v) is 3.90. The van der Waals surface area contributed by atoms with E-state index < -0.39 is 0 Å². The smallest absolute Gasteiger partial charge is 0.232 e. The maximum atomic E-state index is 5.42. The summed E-state index contributed by atoms with van der Waals surface area (Å²) in [6.45, 7) is 0. The Morgan fingerprint density at radius 3 is 3.11 bits per heavy atom. The van der Waals surface area contributed by atoms with E-state index in [9.17, 15) is 0 Å². The molecular formula is C12H13BrN4OS. The van der Waals surface area contributed by atoms with Gasteiger partial charge in [0.25, 0.3) is 0 Å². The first kappa shape index (κ1) is 13.1. The highest BCUT2D eigenvalue weighted by atomic mass is 79.9. The molecule has 0 aromatic carbocycles. The van der Waals surface area contributed by atoms with Gasteiger partial charge in [0.15, 0.2) is 0 Å². The van der Waals surface area contributed by atoms with Crippen LogP contribution in [0.1, 0.15) is 11.8 Å². The predicted molar refractivity (Wildman–Crippen MR) is 78.1 cm³/mol. The number of thioether (sulfide) groups is 1. The van der Waals surface area contributed by atoms with Crippen molar-refractivity contribution in [2.24, 2.45) is 0 Å². The van der Waals surface area contributed by atoms with Gasteiger partial charge in [0.1, 0.15) is 0 Å². The SMILES string of the molecule is CNC1CSCC1c1nc(-c2cncc(Br)c2)no1. The van der Waals surface area contributed by atoms with Crippen LogP contribution in [0.25, 0.3) is 11.4 Å². The summed E-state index contributed by atoms with van der Waals surface area (Å²) in [6.07, 6.45) is 3.47. The van der Waals surface area contributed by atoms with Crippen LogP contribution < -0.4 is 5.32 Å². The molecule has 3 rings (SSSR count). The van der Waals surface area contributed by atoms with Crippen LogP contribution in [0.15, 0.2) is 27.5 Å². The van der Waals surface area contributed by atoms with Crippen LogP contribution in [0, 0.1) is 0 Å². The molecule has 2 atom stereocenters. The lowest BCUT2D eigenvalue weighted by Gasteiger charge is -2.13. The number of aromatic nitrogens is 3. The summed E-state index contributed by atoms with van der Waals surface area (Å²) in [5.74, 6) is 3.69. The second kappa shape index (κ2) is 5.60. The Morgan fingerprint density at radius 2 is 2.32 bits per heavy atom. The molecule has 0 amide bonds. The molecule has 1 fully saturated rings. The summed E-state index contributed by atoms with van der Waals surface area (Å²) in [4.78, 5) is 8.62. The van der Waals surface area contributed by atoms with Crippen LogP contribution >= 0.6 is 27.7 Å². The van der Waals surface area contributed by atoms with E-state index in [-0.39, 0.29) is 5.92 Å². The summed E-state index contributed by atoms with van der Waals surface area (Å²) in [6, 6.07) is 2.33. The third-order valence-corrected chi connectivity index (χ3v) is 4.80. The average Bonchev–Trinajstić information content (AvgIpc) is 3.07. The monoisotopic (exact) mass is 340 g/mol. The Balaban J connectivity index is 1.87. The first-order valence-electron chi connectivity index (χ1n) is 5.97. The van der Waals surface area contributed by atoms with Crippen molar-refractivity contribution >= 4 is 27.7 Å². The van der Waals surface area contributed by atoms with Crippen molar-refractivity contribution < 1.29 is 4.52 Å². The van der Waals surface area contributed by atoms with Crippen molar-refractivity contribution in [2.75, 3.05) is 18.6 Å². The van der Waals surface area contributed by atoms with Crippen LogP contribution in [0.2, 0.25) is 0 Å². The maximum absolute atomic E-state index is 5.42. The number of rotatable bonds is 3. The molecule has 0 bridgehead atoms. The van der Waals surface area contributed by atoms with Gasteiger partial charge in [-0.1, -0.05) is 5.16 Å². The molecule has 1 N–H and O–H groups in total. The number of hydrogen-bond donors (Lipinski definition) is 1. The van der Waals surface area contributed by atoms with E-state index in [1.807, 2.05) is 24.9 Å². The highest BCUT2D eigenvalue weighted by Gasteiger charge is 2.32. The normalized spacial score (nSPS) is 22.8. The molecule has 19 heavy (non-hydrogen) atoms. The molecule has 7 heteroatoms. The third-order valence-electron chi connectivity index (χ3n) is 3.17. The zero-order valence-corrected chi connectivity index (χ0v) is 12.7. The molecule has 2 aromatic heterocycles. The molecule has 0 spiro atoms. The molecule has 1 aliphatic heterocycles. The van der Waals surface area contributed by atoms with E-state index in [2.05, 4.69) is 36.4 Å². The zero-order valence-electron chi connectivity index (χ0n) is 10.3. The Hall–Kier alpha value is -0.920. The summed E-state index contributed by atoms with van der Waals surface area (Å²) in [5, 5.41) is 7.36. The summed E-state index contributed by atoms with van der Waals surface area (Å²) < 4.78 is 6.32. The summed E-state index contributed by atoms with van der Waals surface area (Å²) in [7, 11) is 1.97. The standard InChI is InChI=1S/C12H13BrN4OS/c1-14-10-6-19-5-9(10)12-16-11(17-18-12)7-2-8(13)4-15-3-7/h2-4,9-10,14H,5-6H2,1H3. The van der Waals surface area contributed by atoms with Gasteiger partial charge in [0.2, 0.25) is 11.7 Å². The van der Waals surface area contributed by atoms with E-state index >= 15 is 0 Å². The molecule has 5 nitrogen and oxygen atoms in total. The summed E-state index contributed by atoms with van der Waals surface area (Å²) >= 11 is 5.30. The molecule has 3 heterocycles. The number of likely N-dealkylation sites (N-methyl/N-ethyl adjacent to an activating group) is 1. The van der Waals surface area contributed by atoms with Gasteiger partial charge < -0.3 is 9.84 Å². The molecular weight excluding hydrogens is 328 g/mol. The minimum atomic E-state index is 0.288. The number of nitrogens with one attached hydrogen (secondary N) is 1. The Bertz CT molecular complexity index is 576. The van der Waals surface area contributed by atoms with Gasteiger partial charge in [-0.2, -0.15) is 16.7 Å². The quantitative estimate of drug-likeness (QED) is 0.924. The molecule has 0 saturated carbocycles. The fourth-order valence-electron chi connectivity index (χ4n) is 2.12. The first-order chi connectivity index (χ1) is 9.28. The largest absolute Gasteiger partial charge is 0.339 e. The zero-order chi connectivity index (χ0) is 13.2. The van der Waals surface area contributed by atoms with Crippen molar-refractivity contribution in [1.29, 1.82) is 0 Å². The number of halogens is 1. The van der Waals surface area contributed by atoms with Crippen LogP contribution in [0.5, 0.6) is 0 Å². The molecule has 2 aromatic rings. The maximum Gasteiger partial charge on any atom is 0.232 e. The van der Waals surface area contributed by atoms with Crippen molar-refractivity contribution in [3.8, 4) is 11.4 Å². The lowest BCUT2D eigenvalue weighted by atomic mass is 10.0. The van der Waals surface area contributed by atoms with Gasteiger partial charge in [0.05, 0.1) is 5.92 Å². The van der Waals surface area contributed by atoms with Gasteiger partial charge in [-0.05, 0) is 29.0 Å². The average molecular weight is 341 g/mol. The summed E-state index contributed by atoms with van der Waals surface area (Å²) in [5.41, 5.74) is 0.857. The predicted octanol–water partition coefficient (Wildman–Crippen LogP) is 2.31. The van der Waals surface area contributed by atoms with Crippen molar-refractivity contribution in [1.82, 2.24) is 20.4 Å². The van der Waals surface area contributed by atoms with Crippen molar-refractivity contribution in [3.63, 3.8) is 0 Å². The van der Waals surface area contributed by atoms with Crippen LogP contribution in [-0.4, -0.2) is 39.7 Å². The molecule has 100 valence electrons. The Morgan fingerprint density at radius 1 is 1.42 bits per heavy atom. The molecule has 0 radical (unpaired) electrons. The lowest BCUT2D eigenvalue weighted by Crippen LogP contribution is -2.31. The molecule has 1 saturated heterocycles. The van der Waals surface area contributed by atoms with Gasteiger partial charge in [-0.3, -0.25) is 4.98 Å². The van der Waals surface area contributed by atoms with Crippen LogP contribution in [0.4, 0.5) is 0 Å². The van der Waals surface area contributed by atoms with Gasteiger partial charge >= 0.3 is 0 Å². The topological polar surface area (TPSA) is 63.8 Å². The second-order valence-corrected chi connectivity index (χ2v) is 6.38. The van der Waals surface area contributed by atoms with Gasteiger partial charge in [0, 0.05) is 40.0 Å². The Labute approximate surface area is 123 Å². The van der Waals surface area contributed by atoms with Crippen molar-refractivity contribution in [3.05, 3.63) is 28.8 Å². The van der Waals surface area contributed by atoms with Crippen LogP contribution in [0.3, 0.4) is 0 Å².